The van der Waals surface area contributed by atoms with E-state index >= 15 is 0 Å². The average Bonchev–Trinajstić information content (AvgIpc) is 3.24. The summed E-state index contributed by atoms with van der Waals surface area (Å²) in [6.07, 6.45) is 3.58. The van der Waals surface area contributed by atoms with E-state index < -0.39 is 0 Å². The fraction of sp³-hybridized carbons (Fsp3) is 0.192. The normalized spacial score (nSPS) is 17.5. The maximum atomic E-state index is 12.8. The first-order valence-electron chi connectivity index (χ1n) is 10.8. The van der Waals surface area contributed by atoms with Gasteiger partial charge in [-0.05, 0) is 41.3 Å². The number of fused-ring (bicyclic) bond motifs is 1. The molecule has 0 spiro atoms. The number of hydrogen-bond acceptors (Lipinski definition) is 3. The molecule has 1 saturated carbocycles. The molecule has 0 saturated heterocycles. The third kappa shape index (κ3) is 4.12. The van der Waals surface area contributed by atoms with Crippen molar-refractivity contribution in [3.8, 4) is 0 Å². The lowest BCUT2D eigenvalue weighted by Gasteiger charge is -2.35. The first kappa shape index (κ1) is 20.0. The molecule has 1 fully saturated rings. The molecule has 0 aliphatic heterocycles. The summed E-state index contributed by atoms with van der Waals surface area (Å²) in [4.78, 5) is 25.1. The van der Waals surface area contributed by atoms with Gasteiger partial charge in [0.15, 0.2) is 0 Å². The Labute approximate surface area is 186 Å². The van der Waals surface area contributed by atoms with Crippen LogP contribution in [0.5, 0.6) is 0 Å². The van der Waals surface area contributed by atoms with Crippen LogP contribution in [0.15, 0.2) is 79.0 Å². The molecule has 1 aliphatic carbocycles. The van der Waals surface area contributed by atoms with Crippen LogP contribution in [0.1, 0.15) is 40.4 Å². The second kappa shape index (κ2) is 8.67. The molecule has 160 valence electrons. The van der Waals surface area contributed by atoms with Gasteiger partial charge < -0.3 is 10.6 Å². The van der Waals surface area contributed by atoms with Crippen LogP contribution in [0.2, 0.25) is 0 Å². The largest absolute Gasteiger partial charge is 0.349 e. The van der Waals surface area contributed by atoms with Crippen LogP contribution < -0.4 is 10.6 Å². The van der Waals surface area contributed by atoms with E-state index in [-0.39, 0.29) is 23.8 Å². The van der Waals surface area contributed by atoms with Gasteiger partial charge in [-0.15, -0.1) is 0 Å². The molecule has 6 nitrogen and oxygen atoms in total. The van der Waals surface area contributed by atoms with E-state index in [4.69, 9.17) is 0 Å². The highest BCUT2D eigenvalue weighted by Crippen LogP contribution is 2.39. The highest BCUT2D eigenvalue weighted by Gasteiger charge is 2.34. The van der Waals surface area contributed by atoms with Gasteiger partial charge >= 0.3 is 0 Å². The molecule has 0 bridgehead atoms. The van der Waals surface area contributed by atoms with Gasteiger partial charge in [0.05, 0.1) is 24.0 Å². The summed E-state index contributed by atoms with van der Waals surface area (Å²) < 4.78 is 0. The molecule has 32 heavy (non-hydrogen) atoms. The number of rotatable bonds is 6. The summed E-state index contributed by atoms with van der Waals surface area (Å²) in [7, 11) is 0. The Morgan fingerprint density at radius 1 is 0.938 bits per heavy atom. The number of H-pyrrole nitrogens is 1. The Morgan fingerprint density at radius 3 is 2.53 bits per heavy atom. The van der Waals surface area contributed by atoms with Crippen LogP contribution >= 0.6 is 0 Å². The Bertz CT molecular complexity index is 1250. The predicted octanol–water partition coefficient (Wildman–Crippen LogP) is 4.42. The second-order valence-electron chi connectivity index (χ2n) is 8.27. The van der Waals surface area contributed by atoms with Crippen molar-refractivity contribution < 1.29 is 9.59 Å². The van der Waals surface area contributed by atoms with Gasteiger partial charge in [0, 0.05) is 17.5 Å². The van der Waals surface area contributed by atoms with Gasteiger partial charge in [-0.2, -0.15) is 5.10 Å². The average molecular weight is 425 g/mol. The smallest absolute Gasteiger partial charge is 0.251 e. The molecular formula is C26H24N4O2. The molecule has 0 radical (unpaired) electrons. The number of nitrogens with zero attached hydrogens (tertiary/aromatic N) is 1. The van der Waals surface area contributed by atoms with E-state index in [9.17, 15) is 9.59 Å². The molecule has 2 amide bonds. The number of nitrogens with one attached hydrogen (secondary N) is 3. The zero-order valence-electron chi connectivity index (χ0n) is 17.5. The summed E-state index contributed by atoms with van der Waals surface area (Å²) in [5.74, 6) is 0.103. The Morgan fingerprint density at radius 2 is 1.69 bits per heavy atom. The van der Waals surface area contributed by atoms with E-state index in [0.29, 0.717) is 17.7 Å². The van der Waals surface area contributed by atoms with Crippen LogP contribution in [-0.4, -0.2) is 28.1 Å². The predicted molar refractivity (Wildman–Crippen MR) is 125 cm³/mol. The van der Waals surface area contributed by atoms with Gasteiger partial charge in [-0.25, -0.2) is 0 Å². The minimum Gasteiger partial charge on any atom is -0.349 e. The topological polar surface area (TPSA) is 86.9 Å². The summed E-state index contributed by atoms with van der Waals surface area (Å²) in [5, 5.41) is 15.5. The van der Waals surface area contributed by atoms with Crippen molar-refractivity contribution in [3.05, 3.63) is 95.8 Å². The molecule has 1 aromatic heterocycles. The lowest BCUT2D eigenvalue weighted by Crippen LogP contribution is -2.43. The molecule has 3 N–H and O–H groups in total. The van der Waals surface area contributed by atoms with E-state index in [2.05, 4.69) is 33.0 Å². The van der Waals surface area contributed by atoms with Gasteiger partial charge in [0.1, 0.15) is 0 Å². The monoisotopic (exact) mass is 424 g/mol. The van der Waals surface area contributed by atoms with Crippen molar-refractivity contribution in [1.82, 2.24) is 15.5 Å². The zero-order chi connectivity index (χ0) is 21.9. The lowest BCUT2D eigenvalue weighted by molar-refractivity contribution is -0.115. The second-order valence-corrected chi connectivity index (χ2v) is 8.27. The van der Waals surface area contributed by atoms with E-state index in [1.54, 1.807) is 6.20 Å². The highest BCUT2D eigenvalue weighted by molar-refractivity contribution is 5.96. The molecule has 3 aromatic carbocycles. The number of benzene rings is 3. The number of amides is 2. The Hall–Kier alpha value is -3.93. The first-order chi connectivity index (χ1) is 15.7. The fourth-order valence-electron chi connectivity index (χ4n) is 4.35. The molecule has 0 unspecified atom stereocenters. The molecule has 1 aliphatic rings. The quantitative estimate of drug-likeness (QED) is 0.428. The number of aromatic amines is 1. The van der Waals surface area contributed by atoms with Crippen molar-refractivity contribution >= 4 is 28.3 Å². The summed E-state index contributed by atoms with van der Waals surface area (Å²) >= 11 is 0. The SMILES string of the molecule is O=C(Cc1cccc2ccccc12)Nc1cn[nH]c1C1CC(NC(=O)c2ccccc2)C1. The van der Waals surface area contributed by atoms with Crippen LogP contribution in [0, 0.1) is 0 Å². The van der Waals surface area contributed by atoms with E-state index in [1.807, 2.05) is 60.7 Å². The summed E-state index contributed by atoms with van der Waals surface area (Å²) in [6.45, 7) is 0. The third-order valence-electron chi connectivity index (χ3n) is 6.09. The molecule has 6 heteroatoms. The van der Waals surface area contributed by atoms with Crippen molar-refractivity contribution in [2.45, 2.75) is 31.2 Å². The molecular weight excluding hydrogens is 400 g/mol. The van der Waals surface area contributed by atoms with Crippen molar-refractivity contribution in [3.63, 3.8) is 0 Å². The highest BCUT2D eigenvalue weighted by atomic mass is 16.2. The van der Waals surface area contributed by atoms with Gasteiger partial charge in [-0.3, -0.25) is 14.7 Å². The number of carbonyl (C=O) groups excluding carboxylic acids is 2. The fourth-order valence-corrected chi connectivity index (χ4v) is 4.35. The van der Waals surface area contributed by atoms with Crippen molar-refractivity contribution in [2.75, 3.05) is 5.32 Å². The minimum atomic E-state index is -0.0720. The number of hydrogen-bond donors (Lipinski definition) is 3. The zero-order valence-corrected chi connectivity index (χ0v) is 17.5. The van der Waals surface area contributed by atoms with Crippen molar-refractivity contribution in [2.24, 2.45) is 0 Å². The summed E-state index contributed by atoms with van der Waals surface area (Å²) in [6, 6.07) is 23.4. The van der Waals surface area contributed by atoms with Crippen molar-refractivity contribution in [1.29, 1.82) is 0 Å². The molecule has 1 heterocycles. The molecule has 4 aromatic rings. The summed E-state index contributed by atoms with van der Waals surface area (Å²) in [5.41, 5.74) is 3.30. The molecule has 5 rings (SSSR count). The van der Waals surface area contributed by atoms with Crippen LogP contribution in [0.4, 0.5) is 5.69 Å². The van der Waals surface area contributed by atoms with Gasteiger partial charge in [0.25, 0.3) is 5.91 Å². The van der Waals surface area contributed by atoms with Gasteiger partial charge in [-0.1, -0.05) is 60.7 Å². The Balaban J connectivity index is 1.19. The maximum absolute atomic E-state index is 12.8. The molecule has 0 atom stereocenters. The van der Waals surface area contributed by atoms with Crippen LogP contribution in [-0.2, 0) is 11.2 Å². The van der Waals surface area contributed by atoms with Crippen LogP contribution in [0.25, 0.3) is 10.8 Å². The lowest BCUT2D eigenvalue weighted by atomic mass is 9.77. The number of aromatic nitrogens is 2. The number of carbonyl (C=O) groups is 2. The van der Waals surface area contributed by atoms with E-state index in [1.165, 1.54) is 0 Å². The van der Waals surface area contributed by atoms with Gasteiger partial charge in [0.2, 0.25) is 5.91 Å². The minimum absolute atomic E-state index is 0.0534. The third-order valence-corrected chi connectivity index (χ3v) is 6.09. The Kier molecular flexibility index (Phi) is 5.42. The first-order valence-corrected chi connectivity index (χ1v) is 10.8. The van der Waals surface area contributed by atoms with Crippen LogP contribution in [0.3, 0.4) is 0 Å². The van der Waals surface area contributed by atoms with E-state index in [0.717, 1.165) is 34.9 Å². The standard InChI is InChI=1S/C26H24N4O2/c31-24(15-19-11-6-10-17-7-4-5-12-22(17)19)29-23-16-27-30-25(23)20-13-21(14-20)28-26(32)18-8-2-1-3-9-18/h1-12,16,20-21H,13-15H2,(H,27,30)(H,28,32)(H,29,31). The maximum Gasteiger partial charge on any atom is 0.251 e. The number of anilines is 1.